The van der Waals surface area contributed by atoms with Crippen molar-refractivity contribution in [3.8, 4) is 0 Å². The van der Waals surface area contributed by atoms with Crippen molar-refractivity contribution < 1.29 is 22.0 Å². The van der Waals surface area contributed by atoms with Crippen LogP contribution in [0.1, 0.15) is 11.1 Å². The molecule has 0 spiro atoms. The van der Waals surface area contributed by atoms with Crippen LogP contribution in [0, 0.1) is 11.6 Å². The first-order valence-electron chi connectivity index (χ1n) is 11.6. The van der Waals surface area contributed by atoms with Crippen molar-refractivity contribution in [2.45, 2.75) is 13.0 Å². The van der Waals surface area contributed by atoms with Gasteiger partial charge in [-0.1, -0.05) is 0 Å². The minimum Gasteiger partial charge on any atom is -0.381 e. The predicted octanol–water partition coefficient (Wildman–Crippen LogP) is 2.82. The zero-order valence-electron chi connectivity index (χ0n) is 20.2. The van der Waals surface area contributed by atoms with E-state index < -0.39 is 27.6 Å². The van der Waals surface area contributed by atoms with Crippen LogP contribution in [0.3, 0.4) is 0 Å². The number of anilines is 4. The molecule has 2 aromatic carbocycles. The first-order valence-corrected chi connectivity index (χ1v) is 13.4. The number of rotatable bonds is 9. The van der Waals surface area contributed by atoms with E-state index >= 15 is 0 Å². The van der Waals surface area contributed by atoms with Gasteiger partial charge >= 0.3 is 0 Å². The molecule has 1 aliphatic rings. The molecule has 1 fully saturated rings. The molecule has 0 saturated carbocycles. The monoisotopic (exact) mass is 530 g/mol. The van der Waals surface area contributed by atoms with Gasteiger partial charge in [0, 0.05) is 73.7 Å². The smallest absolute Gasteiger partial charge is 0.221 e. The van der Waals surface area contributed by atoms with Crippen LogP contribution in [0.2, 0.25) is 0 Å². The third-order valence-corrected chi connectivity index (χ3v) is 7.27. The lowest BCUT2D eigenvalue weighted by atomic mass is 10.1. The van der Waals surface area contributed by atoms with Gasteiger partial charge in [-0.15, -0.1) is 0 Å². The largest absolute Gasteiger partial charge is 0.381 e. The highest BCUT2D eigenvalue weighted by Gasteiger charge is 2.23. The summed E-state index contributed by atoms with van der Waals surface area (Å²) in [6.07, 6.45) is 2.70. The van der Waals surface area contributed by atoms with Crippen molar-refractivity contribution in [3.63, 3.8) is 0 Å². The molecule has 2 heterocycles. The molecule has 1 aromatic heterocycles. The van der Waals surface area contributed by atoms with E-state index in [1.807, 2.05) is 24.3 Å². The van der Waals surface area contributed by atoms with E-state index in [0.717, 1.165) is 17.4 Å². The maximum Gasteiger partial charge on any atom is 0.221 e. The maximum atomic E-state index is 13.5. The molecular formula is C25H28F2N6O3S. The molecule has 0 aliphatic carbocycles. The Hall–Kier alpha value is -3.77. The Balaban J connectivity index is 1.44. The third-order valence-electron chi connectivity index (χ3n) is 5.97. The maximum absolute atomic E-state index is 13.5. The normalized spacial score (nSPS) is 14.4. The van der Waals surface area contributed by atoms with Gasteiger partial charge in [-0.25, -0.2) is 22.2 Å². The Morgan fingerprint density at radius 1 is 1.03 bits per heavy atom. The second-order valence-electron chi connectivity index (χ2n) is 8.82. The number of sulfonamides is 1. The van der Waals surface area contributed by atoms with E-state index in [1.54, 1.807) is 6.07 Å². The number of nitrogens with zero attached hydrogens (tertiary/aromatic N) is 3. The average molecular weight is 531 g/mol. The Labute approximate surface area is 214 Å². The van der Waals surface area contributed by atoms with Crippen LogP contribution in [0.4, 0.5) is 31.7 Å². The molecule has 1 saturated heterocycles. The zero-order valence-corrected chi connectivity index (χ0v) is 21.1. The number of carbonyl (C=O) groups is 1. The van der Waals surface area contributed by atoms with Crippen LogP contribution in [-0.2, 0) is 27.8 Å². The van der Waals surface area contributed by atoms with Crippen LogP contribution >= 0.6 is 0 Å². The fourth-order valence-electron chi connectivity index (χ4n) is 4.14. The van der Waals surface area contributed by atoms with Crippen molar-refractivity contribution in [2.24, 2.45) is 5.73 Å². The summed E-state index contributed by atoms with van der Waals surface area (Å²) in [5, 5.41) is 6.31. The minimum atomic E-state index is -3.18. The van der Waals surface area contributed by atoms with E-state index in [1.165, 1.54) is 28.9 Å². The highest BCUT2D eigenvalue weighted by atomic mass is 32.2. The molecule has 9 nitrogen and oxygen atoms in total. The Kier molecular flexibility index (Phi) is 7.89. The molecule has 0 radical (unpaired) electrons. The van der Waals surface area contributed by atoms with Crippen molar-refractivity contribution in [1.29, 1.82) is 0 Å². The fourth-order valence-corrected chi connectivity index (χ4v) is 4.96. The number of hydrogen-bond acceptors (Lipinski definition) is 7. The van der Waals surface area contributed by atoms with Gasteiger partial charge in [-0.2, -0.15) is 4.31 Å². The summed E-state index contributed by atoms with van der Waals surface area (Å²) >= 11 is 0. The predicted molar refractivity (Wildman–Crippen MR) is 139 cm³/mol. The first-order chi connectivity index (χ1) is 17.6. The SMILES string of the molecule is CS(=O)(=O)N1CCN(c2ccc(Nc3cc(NCc4cc(F)cc(F)c4)c(CC(N)=O)cn3)cc2)CC1. The number of aromatic nitrogens is 1. The highest BCUT2D eigenvalue weighted by molar-refractivity contribution is 7.88. The number of halogens is 2. The van der Waals surface area contributed by atoms with Crippen molar-refractivity contribution in [3.05, 3.63) is 77.5 Å². The van der Waals surface area contributed by atoms with E-state index in [-0.39, 0.29) is 13.0 Å². The number of piperazine rings is 1. The number of pyridine rings is 1. The van der Waals surface area contributed by atoms with E-state index in [2.05, 4.69) is 20.5 Å². The van der Waals surface area contributed by atoms with Crippen molar-refractivity contribution in [1.82, 2.24) is 9.29 Å². The number of carbonyl (C=O) groups excluding carboxylic acids is 1. The highest BCUT2D eigenvalue weighted by Crippen LogP contribution is 2.25. The quantitative estimate of drug-likeness (QED) is 0.389. The molecule has 3 aromatic rings. The molecule has 196 valence electrons. The topological polar surface area (TPSA) is 121 Å². The van der Waals surface area contributed by atoms with E-state index in [9.17, 15) is 22.0 Å². The van der Waals surface area contributed by atoms with Gasteiger partial charge in [-0.3, -0.25) is 4.79 Å². The van der Waals surface area contributed by atoms with Gasteiger partial charge in [0.1, 0.15) is 17.5 Å². The second-order valence-corrected chi connectivity index (χ2v) is 10.8. The van der Waals surface area contributed by atoms with Crippen molar-refractivity contribution in [2.75, 3.05) is 48.0 Å². The molecule has 0 unspecified atom stereocenters. The summed E-state index contributed by atoms with van der Waals surface area (Å²) in [5.74, 6) is -1.38. The Morgan fingerprint density at radius 2 is 1.68 bits per heavy atom. The van der Waals surface area contributed by atoms with E-state index in [4.69, 9.17) is 5.73 Å². The number of amides is 1. The summed E-state index contributed by atoms with van der Waals surface area (Å²) in [5.41, 5.74) is 8.63. The standard InChI is InChI=1S/C25H28F2N6O3S/c1-37(35,36)33-8-6-32(7-9-33)22-4-2-21(3-5-22)31-25-14-23(18(16-30-25)12-24(28)34)29-15-17-10-19(26)13-20(27)11-17/h2-5,10-11,13-14,16H,6-9,12,15H2,1H3,(H2,28,34)(H2,29,30,31). The molecule has 1 amide bonds. The van der Waals surface area contributed by atoms with Crippen LogP contribution < -0.4 is 21.3 Å². The van der Waals surface area contributed by atoms with Crippen LogP contribution in [0.5, 0.6) is 0 Å². The van der Waals surface area contributed by atoms with Crippen molar-refractivity contribution >= 4 is 38.8 Å². The molecule has 1 aliphatic heterocycles. The summed E-state index contributed by atoms with van der Waals surface area (Å²) in [7, 11) is -3.18. The molecular weight excluding hydrogens is 502 g/mol. The van der Waals surface area contributed by atoms with E-state index in [0.29, 0.717) is 48.8 Å². The van der Waals surface area contributed by atoms with Gasteiger partial charge in [0.15, 0.2) is 0 Å². The van der Waals surface area contributed by atoms with Crippen LogP contribution in [-0.4, -0.2) is 56.0 Å². The number of nitrogens with two attached hydrogens (primary N) is 1. The average Bonchev–Trinajstić information content (AvgIpc) is 2.83. The summed E-state index contributed by atoms with van der Waals surface area (Å²) in [4.78, 5) is 18.0. The van der Waals surface area contributed by atoms with Gasteiger partial charge in [0.2, 0.25) is 15.9 Å². The Morgan fingerprint density at radius 3 is 2.27 bits per heavy atom. The molecule has 4 rings (SSSR count). The van der Waals surface area contributed by atoms with Crippen LogP contribution in [0.25, 0.3) is 0 Å². The summed E-state index contributed by atoms with van der Waals surface area (Å²) in [6.45, 7) is 2.22. The zero-order chi connectivity index (χ0) is 26.6. The number of hydrogen-bond donors (Lipinski definition) is 3. The molecule has 0 bridgehead atoms. The molecule has 4 N–H and O–H groups in total. The number of nitrogens with one attached hydrogen (secondary N) is 2. The van der Waals surface area contributed by atoms with Gasteiger partial charge in [0.25, 0.3) is 0 Å². The number of benzene rings is 2. The van der Waals surface area contributed by atoms with Crippen LogP contribution in [0.15, 0.2) is 54.7 Å². The molecule has 12 heteroatoms. The Bertz CT molecular complexity index is 1360. The first kappa shape index (κ1) is 26.3. The third kappa shape index (κ3) is 7.14. The minimum absolute atomic E-state index is 0.0472. The number of primary amides is 1. The molecule has 37 heavy (non-hydrogen) atoms. The molecule has 0 atom stereocenters. The summed E-state index contributed by atoms with van der Waals surface area (Å²) in [6, 6.07) is 12.6. The lowest BCUT2D eigenvalue weighted by Gasteiger charge is -2.34. The fraction of sp³-hybridized carbons (Fsp3) is 0.280. The lowest BCUT2D eigenvalue weighted by molar-refractivity contribution is -0.117. The second kappa shape index (κ2) is 11.1. The summed E-state index contributed by atoms with van der Waals surface area (Å²) < 4.78 is 52.0. The van der Waals surface area contributed by atoms with Gasteiger partial charge < -0.3 is 21.3 Å². The van der Waals surface area contributed by atoms with Gasteiger partial charge in [-0.05, 0) is 42.0 Å². The lowest BCUT2D eigenvalue weighted by Crippen LogP contribution is -2.48. The van der Waals surface area contributed by atoms with Gasteiger partial charge in [0.05, 0.1) is 12.7 Å².